The molecule has 0 bridgehead atoms. The van der Waals surface area contributed by atoms with Crippen molar-refractivity contribution < 1.29 is 0 Å². The molecule has 0 spiro atoms. The summed E-state index contributed by atoms with van der Waals surface area (Å²) in [5.74, 6) is 2.59. The van der Waals surface area contributed by atoms with Gasteiger partial charge in [0, 0.05) is 0 Å². The molecule has 0 heterocycles. The molecule has 0 radical (unpaired) electrons. The summed E-state index contributed by atoms with van der Waals surface area (Å²) in [6.07, 6.45) is 9.49. The second-order valence-corrected chi connectivity index (χ2v) is 2.57. The zero-order valence-electron chi connectivity index (χ0n) is 7.48. The third-order valence-corrected chi connectivity index (χ3v) is 1.43. The van der Waals surface area contributed by atoms with Gasteiger partial charge in [-0.15, -0.1) is 6.42 Å². The molecule has 0 aliphatic carbocycles. The molecule has 0 aromatic heterocycles. The molecule has 0 aromatic carbocycles. The summed E-state index contributed by atoms with van der Waals surface area (Å²) in [5.41, 5.74) is 1.03. The summed E-state index contributed by atoms with van der Waals surface area (Å²) < 4.78 is 0. The highest BCUT2D eigenvalue weighted by atomic mass is 14.8. The molecule has 11 heavy (non-hydrogen) atoms. The summed E-state index contributed by atoms with van der Waals surface area (Å²) in [6, 6.07) is 0. The maximum absolute atomic E-state index is 5.17. The molecule has 0 amide bonds. The highest BCUT2D eigenvalue weighted by Crippen LogP contribution is 1.90. The third-order valence-electron chi connectivity index (χ3n) is 1.43. The van der Waals surface area contributed by atoms with Crippen molar-refractivity contribution >= 4 is 0 Å². The molecule has 0 aliphatic heterocycles. The topological polar surface area (TPSA) is 12.0 Å². The van der Waals surface area contributed by atoms with E-state index in [4.69, 9.17) is 6.42 Å². The van der Waals surface area contributed by atoms with E-state index in [1.54, 1.807) is 0 Å². The average Bonchev–Trinajstić information content (AvgIpc) is 2.04. The van der Waals surface area contributed by atoms with Crippen LogP contribution in [0, 0.1) is 12.3 Å². The minimum Gasteiger partial charge on any atom is -0.316 e. The summed E-state index contributed by atoms with van der Waals surface area (Å²) in [6.45, 7) is 6.26. The molecule has 0 fully saturated rings. The van der Waals surface area contributed by atoms with Crippen LogP contribution in [0.4, 0.5) is 0 Å². The van der Waals surface area contributed by atoms with Crippen molar-refractivity contribution in [2.45, 2.75) is 26.7 Å². The van der Waals surface area contributed by atoms with Gasteiger partial charge in [-0.2, -0.15) is 0 Å². The summed E-state index contributed by atoms with van der Waals surface area (Å²) in [4.78, 5) is 0. The lowest BCUT2D eigenvalue weighted by molar-refractivity contribution is 0.677. The first kappa shape index (κ1) is 10.3. The van der Waals surface area contributed by atoms with E-state index in [1.165, 1.54) is 6.42 Å². The SMILES string of the molecule is C#CC(C)=CCCNCCC. The lowest BCUT2D eigenvalue weighted by Gasteiger charge is -1.98. The van der Waals surface area contributed by atoms with Crippen molar-refractivity contribution in [3.63, 3.8) is 0 Å². The fourth-order valence-corrected chi connectivity index (χ4v) is 0.751. The maximum Gasteiger partial charge on any atom is -0.00138 e. The predicted octanol–water partition coefficient (Wildman–Crippen LogP) is 1.96. The molecule has 0 unspecified atom stereocenters. The van der Waals surface area contributed by atoms with E-state index < -0.39 is 0 Å². The molecule has 1 nitrogen and oxygen atoms in total. The summed E-state index contributed by atoms with van der Waals surface area (Å²) in [7, 11) is 0. The van der Waals surface area contributed by atoms with Crippen LogP contribution in [0.5, 0.6) is 0 Å². The van der Waals surface area contributed by atoms with Gasteiger partial charge in [-0.3, -0.25) is 0 Å². The van der Waals surface area contributed by atoms with Crippen LogP contribution in [0.2, 0.25) is 0 Å². The normalized spacial score (nSPS) is 11.2. The van der Waals surface area contributed by atoms with Gasteiger partial charge in [0.1, 0.15) is 0 Å². The fraction of sp³-hybridized carbons (Fsp3) is 0.600. The molecule has 0 saturated heterocycles. The number of nitrogens with one attached hydrogen (secondary N) is 1. The van der Waals surface area contributed by atoms with E-state index in [0.717, 1.165) is 25.1 Å². The Balaban J connectivity index is 3.21. The minimum atomic E-state index is 1.03. The van der Waals surface area contributed by atoms with Crippen molar-refractivity contribution in [1.29, 1.82) is 0 Å². The Morgan fingerprint density at radius 2 is 2.27 bits per heavy atom. The molecule has 0 atom stereocenters. The second-order valence-electron chi connectivity index (χ2n) is 2.57. The van der Waals surface area contributed by atoms with Crippen molar-refractivity contribution in [3.8, 4) is 12.3 Å². The summed E-state index contributed by atoms with van der Waals surface area (Å²) >= 11 is 0. The first-order chi connectivity index (χ1) is 5.31. The largest absolute Gasteiger partial charge is 0.316 e. The van der Waals surface area contributed by atoms with E-state index >= 15 is 0 Å². The monoisotopic (exact) mass is 151 g/mol. The van der Waals surface area contributed by atoms with Gasteiger partial charge in [0.05, 0.1) is 0 Å². The van der Waals surface area contributed by atoms with E-state index in [1.807, 2.05) is 6.92 Å². The van der Waals surface area contributed by atoms with Crippen LogP contribution in [0.25, 0.3) is 0 Å². The second kappa shape index (κ2) is 7.37. The lowest BCUT2D eigenvalue weighted by atomic mass is 10.2. The van der Waals surface area contributed by atoms with Crippen LogP contribution in [0.1, 0.15) is 26.7 Å². The van der Waals surface area contributed by atoms with Gasteiger partial charge in [-0.25, -0.2) is 0 Å². The van der Waals surface area contributed by atoms with Crippen LogP contribution in [0.15, 0.2) is 11.6 Å². The van der Waals surface area contributed by atoms with E-state index in [0.29, 0.717) is 0 Å². The van der Waals surface area contributed by atoms with Gasteiger partial charge in [0.2, 0.25) is 0 Å². The zero-order valence-corrected chi connectivity index (χ0v) is 7.48. The van der Waals surface area contributed by atoms with E-state index in [9.17, 15) is 0 Å². The third kappa shape index (κ3) is 7.15. The Bertz CT molecular complexity index is 151. The first-order valence-corrected chi connectivity index (χ1v) is 4.15. The Kier molecular flexibility index (Phi) is 6.87. The van der Waals surface area contributed by atoms with Crippen LogP contribution in [0.3, 0.4) is 0 Å². The molecule has 62 valence electrons. The first-order valence-electron chi connectivity index (χ1n) is 4.15. The van der Waals surface area contributed by atoms with Gasteiger partial charge in [-0.05, 0) is 38.4 Å². The van der Waals surface area contributed by atoms with Gasteiger partial charge < -0.3 is 5.32 Å². The minimum absolute atomic E-state index is 1.03. The molecule has 0 aliphatic rings. The Morgan fingerprint density at radius 3 is 2.82 bits per heavy atom. The highest BCUT2D eigenvalue weighted by molar-refractivity contribution is 5.22. The number of rotatable bonds is 5. The standard InChI is InChI=1S/C10H17N/c1-4-8-11-9-6-7-10(3)5-2/h2,7,11H,4,6,8-9H2,1,3H3. The summed E-state index contributed by atoms with van der Waals surface area (Å²) in [5, 5.41) is 3.30. The van der Waals surface area contributed by atoms with Gasteiger partial charge in [0.25, 0.3) is 0 Å². The van der Waals surface area contributed by atoms with Gasteiger partial charge >= 0.3 is 0 Å². The van der Waals surface area contributed by atoms with Crippen LogP contribution < -0.4 is 5.32 Å². The fourth-order valence-electron chi connectivity index (χ4n) is 0.751. The predicted molar refractivity (Wildman–Crippen MR) is 50.4 cm³/mol. The molecule has 0 rings (SSSR count). The maximum atomic E-state index is 5.17. The lowest BCUT2D eigenvalue weighted by Crippen LogP contribution is -2.15. The highest BCUT2D eigenvalue weighted by Gasteiger charge is 1.83. The van der Waals surface area contributed by atoms with Crippen LogP contribution in [-0.2, 0) is 0 Å². The van der Waals surface area contributed by atoms with Crippen molar-refractivity contribution in [3.05, 3.63) is 11.6 Å². The molecular weight excluding hydrogens is 134 g/mol. The van der Waals surface area contributed by atoms with E-state index in [-0.39, 0.29) is 0 Å². The Hall–Kier alpha value is -0.740. The van der Waals surface area contributed by atoms with E-state index in [2.05, 4.69) is 24.2 Å². The van der Waals surface area contributed by atoms with Gasteiger partial charge in [-0.1, -0.05) is 18.9 Å². The Labute approximate surface area is 69.9 Å². The molecule has 0 aromatic rings. The molecular formula is C10H17N. The van der Waals surface area contributed by atoms with Gasteiger partial charge in [0.15, 0.2) is 0 Å². The quantitative estimate of drug-likeness (QED) is 0.468. The number of allylic oxidation sites excluding steroid dienone is 1. The average molecular weight is 151 g/mol. The molecule has 0 saturated carbocycles. The van der Waals surface area contributed by atoms with Crippen molar-refractivity contribution in [2.75, 3.05) is 13.1 Å². The van der Waals surface area contributed by atoms with Crippen molar-refractivity contribution in [2.24, 2.45) is 0 Å². The zero-order chi connectivity index (χ0) is 8.53. The number of hydrogen-bond acceptors (Lipinski definition) is 1. The number of hydrogen-bond donors (Lipinski definition) is 1. The molecule has 1 heteroatoms. The molecule has 1 N–H and O–H groups in total. The number of terminal acetylenes is 1. The smallest absolute Gasteiger partial charge is 0.00138 e. The van der Waals surface area contributed by atoms with Crippen LogP contribution in [-0.4, -0.2) is 13.1 Å². The van der Waals surface area contributed by atoms with Crippen LogP contribution >= 0.6 is 0 Å². The Morgan fingerprint density at radius 1 is 1.55 bits per heavy atom. The van der Waals surface area contributed by atoms with Crippen molar-refractivity contribution in [1.82, 2.24) is 5.32 Å².